The van der Waals surface area contributed by atoms with Gasteiger partial charge in [-0.25, -0.2) is 0 Å². The van der Waals surface area contributed by atoms with E-state index in [0.717, 1.165) is 17.7 Å². The van der Waals surface area contributed by atoms with Crippen molar-refractivity contribution in [2.75, 3.05) is 7.05 Å². The first-order valence-corrected chi connectivity index (χ1v) is 7.70. The number of aliphatic hydroxyl groups is 2. The summed E-state index contributed by atoms with van der Waals surface area (Å²) in [6, 6.07) is 4.73. The maximum Gasteiger partial charge on any atom is 0.139 e. The minimum atomic E-state index is -0.550. The number of likely N-dealkylation sites (tertiary alicyclic amines) is 1. The number of hydrogen-bond acceptors (Lipinski definition) is 4. The second-order valence-corrected chi connectivity index (χ2v) is 7.27. The van der Waals surface area contributed by atoms with Gasteiger partial charge in [0.25, 0.3) is 0 Å². The average Bonchev–Trinajstić information content (AvgIpc) is 2.84. The Balaban J connectivity index is 1.73. The smallest absolute Gasteiger partial charge is 0.139 e. The van der Waals surface area contributed by atoms with Gasteiger partial charge in [0.15, 0.2) is 0 Å². The van der Waals surface area contributed by atoms with E-state index in [0.29, 0.717) is 12.0 Å². The predicted molar refractivity (Wildman–Crippen MR) is 74.9 cm³/mol. The monoisotopic (exact) mass is 283 g/mol. The summed E-state index contributed by atoms with van der Waals surface area (Å²) in [6.07, 6.45) is 4.44. The Hall–Kier alpha value is -1.36. The molecule has 1 saturated carbocycles. The van der Waals surface area contributed by atoms with Crippen molar-refractivity contribution >= 4 is 0 Å². The van der Waals surface area contributed by atoms with E-state index in [1.807, 2.05) is 12.1 Å². The van der Waals surface area contributed by atoms with Gasteiger partial charge in [0.1, 0.15) is 18.0 Å². The van der Waals surface area contributed by atoms with Gasteiger partial charge in [0.05, 0.1) is 12.1 Å². The molecule has 1 aromatic carbocycles. The van der Waals surface area contributed by atoms with E-state index in [1.54, 1.807) is 0 Å². The highest BCUT2D eigenvalue weighted by molar-refractivity contribution is 5.69. The maximum atomic E-state index is 10.4. The van der Waals surface area contributed by atoms with Crippen molar-refractivity contribution in [2.24, 2.45) is 5.92 Å². The highest BCUT2D eigenvalue weighted by atomic mass is 16.5. The van der Waals surface area contributed by atoms with Crippen LogP contribution in [0.15, 0.2) is 24.3 Å². The zero-order valence-corrected chi connectivity index (χ0v) is 11.8. The summed E-state index contributed by atoms with van der Waals surface area (Å²) in [5.74, 6) is 1.28. The summed E-state index contributed by atoms with van der Waals surface area (Å²) in [5.41, 5.74) is 3.60. The first kappa shape index (κ1) is 11.2. The van der Waals surface area contributed by atoms with Crippen molar-refractivity contribution in [2.45, 2.75) is 42.2 Å². The summed E-state index contributed by atoms with van der Waals surface area (Å²) in [7, 11) is 2.21. The van der Waals surface area contributed by atoms with Crippen LogP contribution in [-0.4, -0.2) is 40.4 Å². The molecule has 2 unspecified atom stereocenters. The van der Waals surface area contributed by atoms with Gasteiger partial charge in [-0.3, -0.25) is 4.90 Å². The fourth-order valence-electron chi connectivity index (χ4n) is 6.17. The largest absolute Gasteiger partial charge is 0.486 e. The van der Waals surface area contributed by atoms with E-state index in [1.165, 1.54) is 11.1 Å². The maximum absolute atomic E-state index is 10.4. The van der Waals surface area contributed by atoms with Crippen molar-refractivity contribution in [3.8, 4) is 5.75 Å². The van der Waals surface area contributed by atoms with Crippen LogP contribution in [0, 0.1) is 5.92 Å². The SMILES string of the molecule is CN1[C@H]2C3C=C[C@H](O)[C@@H]4Oc5c(CO)ccc6c5[C@]34C[C@]621. The van der Waals surface area contributed by atoms with Crippen LogP contribution in [0.3, 0.4) is 0 Å². The zero-order valence-electron chi connectivity index (χ0n) is 11.8. The van der Waals surface area contributed by atoms with Crippen LogP contribution in [0.4, 0.5) is 0 Å². The molecule has 2 bridgehead atoms. The molecule has 4 heteroatoms. The van der Waals surface area contributed by atoms with Gasteiger partial charge >= 0.3 is 0 Å². The van der Waals surface area contributed by atoms with Crippen LogP contribution in [0.25, 0.3) is 0 Å². The number of likely N-dealkylation sites (N-methyl/N-ethyl adjacent to an activating group) is 1. The number of fused-ring (bicyclic) bond motifs is 1. The molecular weight excluding hydrogens is 266 g/mol. The zero-order chi connectivity index (χ0) is 14.1. The van der Waals surface area contributed by atoms with Crippen LogP contribution in [0.2, 0.25) is 0 Å². The van der Waals surface area contributed by atoms with Crippen molar-refractivity contribution in [3.05, 3.63) is 41.0 Å². The summed E-state index contributed by atoms with van der Waals surface area (Å²) in [4.78, 5) is 2.48. The molecule has 1 saturated heterocycles. The van der Waals surface area contributed by atoms with E-state index in [9.17, 15) is 10.2 Å². The second-order valence-electron chi connectivity index (χ2n) is 7.27. The Morgan fingerprint density at radius 2 is 2.24 bits per heavy atom. The highest BCUT2D eigenvalue weighted by Gasteiger charge is 2.84. The Labute approximate surface area is 122 Å². The number of ether oxygens (including phenoxy) is 1. The van der Waals surface area contributed by atoms with Crippen LogP contribution in [0.1, 0.15) is 23.1 Å². The highest BCUT2D eigenvalue weighted by Crippen LogP contribution is 2.79. The molecule has 7 atom stereocenters. The van der Waals surface area contributed by atoms with E-state index >= 15 is 0 Å². The minimum Gasteiger partial charge on any atom is -0.486 e. The summed E-state index contributed by atoms with van der Waals surface area (Å²) in [5, 5.41) is 20.1. The Morgan fingerprint density at radius 1 is 1.38 bits per heavy atom. The molecule has 5 aliphatic rings. The molecule has 2 N–H and O–H groups in total. The fourth-order valence-corrected chi connectivity index (χ4v) is 6.17. The Bertz CT molecular complexity index is 744. The molecule has 2 heterocycles. The van der Waals surface area contributed by atoms with Crippen molar-refractivity contribution < 1.29 is 14.9 Å². The number of piperidine rings is 1. The molecule has 108 valence electrons. The Morgan fingerprint density at radius 3 is 3.05 bits per heavy atom. The molecule has 0 radical (unpaired) electrons. The predicted octanol–water partition coefficient (Wildman–Crippen LogP) is 0.651. The third-order valence-corrected chi connectivity index (χ3v) is 6.88. The fraction of sp³-hybridized carbons (Fsp3) is 0.529. The first-order valence-electron chi connectivity index (χ1n) is 7.70. The van der Waals surface area contributed by atoms with Gasteiger partial charge in [-0.15, -0.1) is 0 Å². The summed E-state index contributed by atoms with van der Waals surface area (Å²) in [6.45, 7) is -0.00806. The topological polar surface area (TPSA) is 52.7 Å². The quantitative estimate of drug-likeness (QED) is 0.587. The van der Waals surface area contributed by atoms with Crippen LogP contribution in [-0.2, 0) is 17.6 Å². The number of nitrogens with zero attached hydrogens (tertiary/aromatic N) is 1. The lowest BCUT2D eigenvalue weighted by atomic mass is 9.64. The summed E-state index contributed by atoms with van der Waals surface area (Å²) < 4.78 is 6.20. The molecule has 6 rings (SSSR count). The first-order chi connectivity index (χ1) is 10.2. The molecular formula is C17H17NO3. The molecule has 2 spiro atoms. The van der Waals surface area contributed by atoms with Crippen LogP contribution >= 0.6 is 0 Å². The Kier molecular flexibility index (Phi) is 1.56. The number of rotatable bonds is 1. The molecule has 2 fully saturated rings. The van der Waals surface area contributed by atoms with E-state index in [-0.39, 0.29) is 23.7 Å². The van der Waals surface area contributed by atoms with Crippen molar-refractivity contribution in [3.63, 3.8) is 0 Å². The molecule has 4 nitrogen and oxygen atoms in total. The number of aliphatic hydroxyl groups excluding tert-OH is 2. The standard InChI is InChI=1S/C17H17NO3/c1-18-14-10-4-5-11(20)15-16(10)7-17(14,18)9-3-2-8(6-19)13(21-15)12(9)16/h2-5,10-11,14-15,19-20H,6-7H2,1H3/t10?,11-,14-,15-,16-,17-,18?/m0/s1. The number of hydrogen-bond donors (Lipinski definition) is 2. The van der Waals surface area contributed by atoms with Gasteiger partial charge < -0.3 is 14.9 Å². The van der Waals surface area contributed by atoms with Gasteiger partial charge in [-0.05, 0) is 19.0 Å². The van der Waals surface area contributed by atoms with Gasteiger partial charge in [0.2, 0.25) is 0 Å². The van der Waals surface area contributed by atoms with Crippen molar-refractivity contribution in [1.29, 1.82) is 0 Å². The van der Waals surface area contributed by atoms with Gasteiger partial charge in [0, 0.05) is 28.5 Å². The van der Waals surface area contributed by atoms with Crippen LogP contribution in [0.5, 0.6) is 5.75 Å². The van der Waals surface area contributed by atoms with Gasteiger partial charge in [-0.1, -0.05) is 24.3 Å². The lowest BCUT2D eigenvalue weighted by Gasteiger charge is -2.40. The van der Waals surface area contributed by atoms with E-state index in [2.05, 4.69) is 24.1 Å². The lowest BCUT2D eigenvalue weighted by molar-refractivity contribution is 0.00617. The van der Waals surface area contributed by atoms with Crippen LogP contribution < -0.4 is 4.74 Å². The van der Waals surface area contributed by atoms with Crippen molar-refractivity contribution in [1.82, 2.24) is 4.90 Å². The lowest BCUT2D eigenvalue weighted by Crippen LogP contribution is -2.51. The van der Waals surface area contributed by atoms with E-state index in [4.69, 9.17) is 4.74 Å². The normalized spacial score (nSPS) is 52.6. The summed E-state index contributed by atoms with van der Waals surface area (Å²) >= 11 is 0. The number of benzene rings is 1. The molecule has 1 aromatic rings. The second kappa shape index (κ2) is 2.91. The molecule has 2 aliphatic heterocycles. The minimum absolute atomic E-state index is 0.00806. The van der Waals surface area contributed by atoms with Gasteiger partial charge in [-0.2, -0.15) is 0 Å². The van der Waals surface area contributed by atoms with E-state index < -0.39 is 6.10 Å². The molecule has 21 heavy (non-hydrogen) atoms. The third kappa shape index (κ3) is 0.835. The molecule has 3 aliphatic carbocycles. The average molecular weight is 283 g/mol. The molecule has 0 aromatic heterocycles. The molecule has 0 amide bonds. The third-order valence-electron chi connectivity index (χ3n) is 6.88.